The summed E-state index contributed by atoms with van der Waals surface area (Å²) < 4.78 is 24.7. The zero-order valence-corrected chi connectivity index (χ0v) is 13.2. The van der Waals surface area contributed by atoms with Crippen LogP contribution in [-0.2, 0) is 11.3 Å². The molecule has 0 spiro atoms. The van der Waals surface area contributed by atoms with Crippen LogP contribution < -0.4 is 0 Å². The number of amides is 1. The van der Waals surface area contributed by atoms with Gasteiger partial charge in [0.1, 0.15) is 0 Å². The molecule has 0 radical (unpaired) electrons. The average molecular weight is 323 g/mol. The van der Waals surface area contributed by atoms with Gasteiger partial charge in [-0.2, -0.15) is 0 Å². The van der Waals surface area contributed by atoms with Crippen LogP contribution in [0.3, 0.4) is 0 Å². The van der Waals surface area contributed by atoms with Crippen molar-refractivity contribution in [1.29, 1.82) is 0 Å². The van der Waals surface area contributed by atoms with E-state index in [0.29, 0.717) is 13.1 Å². The Balaban J connectivity index is 1.48. The number of hydrogen-bond donors (Lipinski definition) is 0. The highest BCUT2D eigenvalue weighted by molar-refractivity contribution is 5.80. The Hall–Kier alpha value is -1.56. The third-order valence-corrected chi connectivity index (χ3v) is 4.76. The molecule has 2 aliphatic heterocycles. The molecule has 1 aromatic rings. The molecule has 1 aromatic heterocycles. The fourth-order valence-corrected chi connectivity index (χ4v) is 3.56. The molecule has 3 heterocycles. The summed E-state index contributed by atoms with van der Waals surface area (Å²) in [5.41, 5.74) is 1.15. The standard InChI is InChI=1S/C17H23F2N3O/c18-16(19)7-14-10-22(11-14)17(23)15-4-2-6-21(12-15)9-13-3-1-5-20-8-13/h1,3,5,8,14-16H,2,4,6-7,9-12H2. The summed E-state index contributed by atoms with van der Waals surface area (Å²) in [6.45, 7) is 3.56. The minimum absolute atomic E-state index is 0.00733. The molecule has 1 amide bonds. The lowest BCUT2D eigenvalue weighted by atomic mass is 9.91. The molecular formula is C17H23F2N3O. The Morgan fingerprint density at radius 3 is 2.87 bits per heavy atom. The van der Waals surface area contributed by atoms with E-state index in [9.17, 15) is 13.6 Å². The number of aromatic nitrogens is 1. The highest BCUT2D eigenvalue weighted by atomic mass is 19.3. The average Bonchev–Trinajstić information content (AvgIpc) is 2.51. The second kappa shape index (κ2) is 7.34. The van der Waals surface area contributed by atoms with Crippen molar-refractivity contribution >= 4 is 5.91 Å². The SMILES string of the molecule is O=C(C1CCCN(Cc2cccnc2)C1)N1CC(CC(F)F)C1. The molecule has 126 valence electrons. The van der Waals surface area contributed by atoms with Gasteiger partial charge in [-0.3, -0.25) is 14.7 Å². The minimum Gasteiger partial charge on any atom is -0.342 e. The normalized spacial score (nSPS) is 23.1. The maximum Gasteiger partial charge on any atom is 0.239 e. The highest BCUT2D eigenvalue weighted by Gasteiger charge is 2.37. The molecule has 1 unspecified atom stereocenters. The Kier molecular flexibility index (Phi) is 5.20. The summed E-state index contributed by atoms with van der Waals surface area (Å²) in [5.74, 6) is 0.133. The Labute approximate surface area is 135 Å². The van der Waals surface area contributed by atoms with Gasteiger partial charge >= 0.3 is 0 Å². The van der Waals surface area contributed by atoms with Gasteiger partial charge in [0, 0.05) is 45.0 Å². The lowest BCUT2D eigenvalue weighted by Crippen LogP contribution is -2.54. The smallest absolute Gasteiger partial charge is 0.239 e. The highest BCUT2D eigenvalue weighted by Crippen LogP contribution is 2.27. The van der Waals surface area contributed by atoms with Crippen LogP contribution in [0, 0.1) is 11.8 Å². The van der Waals surface area contributed by atoms with Crippen molar-refractivity contribution in [3.05, 3.63) is 30.1 Å². The predicted molar refractivity (Wildman–Crippen MR) is 82.9 cm³/mol. The van der Waals surface area contributed by atoms with Crippen molar-refractivity contribution in [2.24, 2.45) is 11.8 Å². The van der Waals surface area contributed by atoms with Crippen molar-refractivity contribution < 1.29 is 13.6 Å². The molecule has 1 atom stereocenters. The molecule has 0 saturated carbocycles. The molecule has 2 fully saturated rings. The van der Waals surface area contributed by atoms with Crippen LogP contribution in [0.15, 0.2) is 24.5 Å². The van der Waals surface area contributed by atoms with E-state index in [4.69, 9.17) is 0 Å². The van der Waals surface area contributed by atoms with Crippen LogP contribution in [0.5, 0.6) is 0 Å². The summed E-state index contributed by atoms with van der Waals surface area (Å²) in [4.78, 5) is 20.7. The predicted octanol–water partition coefficient (Wildman–Crippen LogP) is 2.41. The van der Waals surface area contributed by atoms with Crippen LogP contribution in [0.2, 0.25) is 0 Å². The van der Waals surface area contributed by atoms with Crippen LogP contribution in [0.25, 0.3) is 0 Å². The first-order chi connectivity index (χ1) is 11.1. The first-order valence-corrected chi connectivity index (χ1v) is 8.30. The zero-order valence-electron chi connectivity index (χ0n) is 13.2. The lowest BCUT2D eigenvalue weighted by Gasteiger charge is -2.43. The number of likely N-dealkylation sites (tertiary alicyclic amines) is 2. The number of halogens is 2. The number of hydrogen-bond acceptors (Lipinski definition) is 3. The summed E-state index contributed by atoms with van der Waals surface area (Å²) in [6, 6.07) is 3.97. The van der Waals surface area contributed by atoms with E-state index in [1.54, 1.807) is 11.1 Å². The van der Waals surface area contributed by atoms with Crippen molar-refractivity contribution in [3.63, 3.8) is 0 Å². The second-order valence-electron chi connectivity index (χ2n) is 6.67. The van der Waals surface area contributed by atoms with E-state index in [1.165, 1.54) is 0 Å². The molecule has 2 saturated heterocycles. The van der Waals surface area contributed by atoms with E-state index in [0.717, 1.165) is 38.0 Å². The maximum absolute atomic E-state index is 12.5. The zero-order chi connectivity index (χ0) is 16.2. The second-order valence-corrected chi connectivity index (χ2v) is 6.67. The van der Waals surface area contributed by atoms with Gasteiger partial charge in [0.2, 0.25) is 12.3 Å². The lowest BCUT2D eigenvalue weighted by molar-refractivity contribution is -0.145. The molecule has 6 heteroatoms. The van der Waals surface area contributed by atoms with E-state index in [1.807, 2.05) is 18.3 Å². The van der Waals surface area contributed by atoms with Gasteiger partial charge in [0.05, 0.1) is 5.92 Å². The maximum atomic E-state index is 12.5. The number of nitrogens with zero attached hydrogens (tertiary/aromatic N) is 3. The van der Waals surface area contributed by atoms with Crippen molar-refractivity contribution in [2.45, 2.75) is 32.2 Å². The van der Waals surface area contributed by atoms with Crippen LogP contribution in [0.4, 0.5) is 8.78 Å². The fraction of sp³-hybridized carbons (Fsp3) is 0.647. The first-order valence-electron chi connectivity index (χ1n) is 8.30. The van der Waals surface area contributed by atoms with Crippen molar-refractivity contribution in [1.82, 2.24) is 14.8 Å². The Morgan fingerprint density at radius 1 is 1.35 bits per heavy atom. The number of carbonyl (C=O) groups excluding carboxylic acids is 1. The van der Waals surface area contributed by atoms with Gasteiger partial charge in [-0.05, 0) is 36.9 Å². The minimum atomic E-state index is -2.26. The molecule has 0 bridgehead atoms. The van der Waals surface area contributed by atoms with Crippen LogP contribution in [0.1, 0.15) is 24.8 Å². The number of alkyl halides is 2. The largest absolute Gasteiger partial charge is 0.342 e. The molecule has 23 heavy (non-hydrogen) atoms. The molecule has 0 N–H and O–H groups in total. The van der Waals surface area contributed by atoms with Gasteiger partial charge in [-0.1, -0.05) is 6.07 Å². The van der Waals surface area contributed by atoms with E-state index < -0.39 is 6.43 Å². The molecule has 4 nitrogen and oxygen atoms in total. The van der Waals surface area contributed by atoms with E-state index >= 15 is 0 Å². The van der Waals surface area contributed by atoms with Crippen molar-refractivity contribution in [3.8, 4) is 0 Å². The van der Waals surface area contributed by atoms with E-state index in [-0.39, 0.29) is 24.2 Å². The van der Waals surface area contributed by atoms with Gasteiger partial charge in [0.25, 0.3) is 0 Å². The fourth-order valence-electron chi connectivity index (χ4n) is 3.56. The molecule has 0 aliphatic carbocycles. The third kappa shape index (κ3) is 4.25. The number of pyridine rings is 1. The molecular weight excluding hydrogens is 300 g/mol. The number of carbonyl (C=O) groups is 1. The molecule has 3 rings (SSSR count). The number of piperidine rings is 1. The van der Waals surface area contributed by atoms with Gasteiger partial charge in [0.15, 0.2) is 0 Å². The van der Waals surface area contributed by atoms with Crippen LogP contribution in [-0.4, -0.2) is 53.3 Å². The first kappa shape index (κ1) is 16.3. The molecule has 2 aliphatic rings. The van der Waals surface area contributed by atoms with E-state index in [2.05, 4.69) is 9.88 Å². The summed E-state index contributed by atoms with van der Waals surface area (Å²) in [6.07, 6.45) is 3.17. The van der Waals surface area contributed by atoms with Crippen LogP contribution >= 0.6 is 0 Å². The summed E-state index contributed by atoms with van der Waals surface area (Å²) >= 11 is 0. The Morgan fingerprint density at radius 2 is 2.17 bits per heavy atom. The third-order valence-electron chi connectivity index (χ3n) is 4.76. The van der Waals surface area contributed by atoms with Gasteiger partial charge in [-0.25, -0.2) is 8.78 Å². The van der Waals surface area contributed by atoms with Gasteiger partial charge < -0.3 is 4.90 Å². The summed E-state index contributed by atoms with van der Waals surface area (Å²) in [5, 5.41) is 0. The monoisotopic (exact) mass is 323 g/mol. The van der Waals surface area contributed by atoms with Crippen molar-refractivity contribution in [2.75, 3.05) is 26.2 Å². The molecule has 0 aromatic carbocycles. The summed E-state index contributed by atoms with van der Waals surface area (Å²) in [7, 11) is 0. The van der Waals surface area contributed by atoms with Gasteiger partial charge in [-0.15, -0.1) is 0 Å². The Bertz CT molecular complexity index is 520. The quantitative estimate of drug-likeness (QED) is 0.835. The number of rotatable bonds is 5. The topological polar surface area (TPSA) is 36.4 Å².